The van der Waals surface area contributed by atoms with E-state index in [1.165, 1.54) is 23.0 Å². The van der Waals surface area contributed by atoms with Crippen LogP contribution in [0.25, 0.3) is 10.1 Å². The van der Waals surface area contributed by atoms with Crippen molar-refractivity contribution in [1.29, 1.82) is 0 Å². The topological polar surface area (TPSA) is 88.9 Å². The first-order valence-corrected chi connectivity index (χ1v) is 11.5. The van der Waals surface area contributed by atoms with Gasteiger partial charge in [0, 0.05) is 27.4 Å². The van der Waals surface area contributed by atoms with Gasteiger partial charge in [0.2, 0.25) is 5.91 Å². The number of benzene rings is 1. The predicted molar refractivity (Wildman–Crippen MR) is 126 cm³/mol. The van der Waals surface area contributed by atoms with E-state index in [4.69, 9.17) is 0 Å². The molecule has 0 radical (unpaired) electrons. The van der Waals surface area contributed by atoms with Gasteiger partial charge in [0.1, 0.15) is 18.0 Å². The minimum Gasteiger partial charge on any atom is -0.372 e. The van der Waals surface area contributed by atoms with Crippen LogP contribution in [-0.4, -0.2) is 20.4 Å². The molecule has 0 bridgehead atoms. The Morgan fingerprint density at radius 1 is 1.30 bits per heavy atom. The van der Waals surface area contributed by atoms with Crippen LogP contribution >= 0.6 is 11.3 Å². The predicted octanol–water partition coefficient (Wildman–Crippen LogP) is 3.72. The van der Waals surface area contributed by atoms with Gasteiger partial charge in [-0.1, -0.05) is 12.1 Å². The third-order valence-electron chi connectivity index (χ3n) is 5.97. The summed E-state index contributed by atoms with van der Waals surface area (Å²) < 4.78 is 15.7. The molecule has 0 aliphatic carbocycles. The number of aryl methyl sites for hydroxylation is 2. The van der Waals surface area contributed by atoms with E-state index in [-0.39, 0.29) is 29.9 Å². The van der Waals surface area contributed by atoms with E-state index in [2.05, 4.69) is 20.6 Å². The van der Waals surface area contributed by atoms with Gasteiger partial charge in [-0.15, -0.1) is 11.3 Å². The number of halogens is 1. The maximum Gasteiger partial charge on any atom is 0.277 e. The van der Waals surface area contributed by atoms with E-state index in [0.717, 1.165) is 32.5 Å². The lowest BCUT2D eigenvalue weighted by Crippen LogP contribution is -2.35. The van der Waals surface area contributed by atoms with Crippen LogP contribution in [0.3, 0.4) is 0 Å². The number of thiophene rings is 1. The van der Waals surface area contributed by atoms with E-state index in [0.29, 0.717) is 24.3 Å². The molecular formula is C24H22FN5O2S. The Labute approximate surface area is 193 Å². The van der Waals surface area contributed by atoms with Gasteiger partial charge < -0.3 is 10.6 Å². The highest BCUT2D eigenvalue weighted by Gasteiger charge is 2.24. The van der Waals surface area contributed by atoms with Crippen molar-refractivity contribution in [2.24, 2.45) is 0 Å². The molecule has 0 unspecified atom stereocenters. The summed E-state index contributed by atoms with van der Waals surface area (Å²) >= 11 is 1.62. The Morgan fingerprint density at radius 3 is 2.91 bits per heavy atom. The molecule has 33 heavy (non-hydrogen) atoms. The molecule has 1 atom stereocenters. The number of hydrogen-bond acceptors (Lipinski definition) is 6. The Balaban J connectivity index is 1.29. The lowest BCUT2D eigenvalue weighted by Gasteiger charge is -2.26. The van der Waals surface area contributed by atoms with Gasteiger partial charge in [-0.2, -0.15) is 0 Å². The maximum absolute atomic E-state index is 13.3. The third-order valence-corrected chi connectivity index (χ3v) is 7.25. The molecule has 7 nitrogen and oxygen atoms in total. The van der Waals surface area contributed by atoms with Gasteiger partial charge in [0.25, 0.3) is 5.56 Å². The van der Waals surface area contributed by atoms with Crippen LogP contribution in [0.4, 0.5) is 10.1 Å². The van der Waals surface area contributed by atoms with Crippen molar-refractivity contribution >= 4 is 33.0 Å². The van der Waals surface area contributed by atoms with Gasteiger partial charge in [-0.25, -0.2) is 9.37 Å². The zero-order chi connectivity index (χ0) is 22.9. The number of amides is 1. The summed E-state index contributed by atoms with van der Waals surface area (Å²) in [5.41, 5.74) is 2.81. The number of rotatable bonds is 5. The SMILES string of the molecule is Cc1c(CNC(=O)Cn2cnc3c(c2=O)N[C@H](c2ccc(F)cc2)CC3)sc2ccncc12. The minimum absolute atomic E-state index is 0.109. The van der Waals surface area contributed by atoms with Crippen molar-refractivity contribution in [2.75, 3.05) is 5.32 Å². The van der Waals surface area contributed by atoms with Gasteiger partial charge in [-0.3, -0.25) is 19.1 Å². The number of carbonyl (C=O) groups excluding carboxylic acids is 1. The van der Waals surface area contributed by atoms with Crippen LogP contribution in [0.2, 0.25) is 0 Å². The number of pyridine rings is 1. The van der Waals surface area contributed by atoms with Crippen LogP contribution < -0.4 is 16.2 Å². The van der Waals surface area contributed by atoms with Gasteiger partial charge in [0.05, 0.1) is 24.6 Å². The number of carbonyl (C=O) groups is 1. The van der Waals surface area contributed by atoms with Crippen molar-refractivity contribution in [2.45, 2.75) is 38.9 Å². The summed E-state index contributed by atoms with van der Waals surface area (Å²) in [5.74, 6) is -0.563. The number of anilines is 1. The van der Waals surface area contributed by atoms with Crippen molar-refractivity contribution in [3.05, 3.63) is 86.9 Å². The highest BCUT2D eigenvalue weighted by Crippen LogP contribution is 2.30. The second-order valence-corrected chi connectivity index (χ2v) is 9.22. The molecule has 3 aromatic heterocycles. The number of fused-ring (bicyclic) bond motifs is 2. The van der Waals surface area contributed by atoms with Crippen LogP contribution in [0, 0.1) is 12.7 Å². The summed E-state index contributed by atoms with van der Waals surface area (Å²) in [6, 6.07) is 8.10. The quantitative estimate of drug-likeness (QED) is 0.471. The van der Waals surface area contributed by atoms with Crippen molar-refractivity contribution in [3.63, 3.8) is 0 Å². The van der Waals surface area contributed by atoms with Crippen LogP contribution in [0.5, 0.6) is 0 Å². The average Bonchev–Trinajstić information content (AvgIpc) is 3.15. The number of nitrogens with zero attached hydrogens (tertiary/aromatic N) is 3. The maximum atomic E-state index is 13.3. The highest BCUT2D eigenvalue weighted by atomic mass is 32.1. The lowest BCUT2D eigenvalue weighted by atomic mass is 9.96. The molecule has 1 aromatic carbocycles. The van der Waals surface area contributed by atoms with E-state index in [1.54, 1.807) is 29.7 Å². The Hall–Kier alpha value is -3.59. The smallest absolute Gasteiger partial charge is 0.277 e. The molecule has 4 heterocycles. The fourth-order valence-corrected chi connectivity index (χ4v) is 5.23. The summed E-state index contributed by atoms with van der Waals surface area (Å²) in [4.78, 5) is 35.2. The first-order valence-electron chi connectivity index (χ1n) is 10.7. The Bertz CT molecular complexity index is 1400. The van der Waals surface area contributed by atoms with Crippen molar-refractivity contribution in [1.82, 2.24) is 19.9 Å². The molecule has 1 aliphatic rings. The number of nitrogens with one attached hydrogen (secondary N) is 2. The summed E-state index contributed by atoms with van der Waals surface area (Å²) in [7, 11) is 0. The molecule has 4 aromatic rings. The fourth-order valence-electron chi connectivity index (χ4n) is 4.11. The fraction of sp³-hybridized carbons (Fsp3) is 0.250. The first-order chi connectivity index (χ1) is 16.0. The monoisotopic (exact) mass is 463 g/mol. The van der Waals surface area contributed by atoms with Crippen LogP contribution in [-0.2, 0) is 24.3 Å². The molecule has 1 aliphatic heterocycles. The zero-order valence-electron chi connectivity index (χ0n) is 18.0. The molecule has 9 heteroatoms. The largest absolute Gasteiger partial charge is 0.372 e. The third kappa shape index (κ3) is 4.23. The molecule has 168 valence electrons. The van der Waals surface area contributed by atoms with Crippen molar-refractivity contribution in [3.8, 4) is 0 Å². The lowest BCUT2D eigenvalue weighted by molar-refractivity contribution is -0.121. The van der Waals surface area contributed by atoms with E-state index in [1.807, 2.05) is 19.2 Å². The van der Waals surface area contributed by atoms with E-state index < -0.39 is 0 Å². The number of hydrogen-bond donors (Lipinski definition) is 2. The summed E-state index contributed by atoms with van der Waals surface area (Å²) in [6.07, 6.45) is 6.39. The molecule has 1 amide bonds. The van der Waals surface area contributed by atoms with Gasteiger partial charge in [0.15, 0.2) is 0 Å². The Morgan fingerprint density at radius 2 is 2.12 bits per heavy atom. The second-order valence-electron chi connectivity index (χ2n) is 8.09. The summed E-state index contributed by atoms with van der Waals surface area (Å²) in [6.45, 7) is 2.29. The molecular weight excluding hydrogens is 441 g/mol. The number of aromatic nitrogens is 3. The molecule has 0 fully saturated rings. The van der Waals surface area contributed by atoms with Crippen molar-refractivity contribution < 1.29 is 9.18 Å². The highest BCUT2D eigenvalue weighted by molar-refractivity contribution is 7.19. The molecule has 0 saturated carbocycles. The molecule has 5 rings (SSSR count). The normalized spacial score (nSPS) is 15.2. The van der Waals surface area contributed by atoms with E-state index >= 15 is 0 Å². The average molecular weight is 464 g/mol. The Kier molecular flexibility index (Phi) is 5.63. The zero-order valence-corrected chi connectivity index (χ0v) is 18.8. The van der Waals surface area contributed by atoms with Gasteiger partial charge >= 0.3 is 0 Å². The summed E-state index contributed by atoms with van der Waals surface area (Å²) in [5, 5.41) is 7.23. The van der Waals surface area contributed by atoms with E-state index in [9.17, 15) is 14.0 Å². The molecule has 2 N–H and O–H groups in total. The first kappa shape index (κ1) is 21.3. The van der Waals surface area contributed by atoms with Gasteiger partial charge in [-0.05, 0) is 49.1 Å². The second kappa shape index (κ2) is 8.74. The molecule has 0 saturated heterocycles. The minimum atomic E-state index is -0.299. The van der Waals surface area contributed by atoms with Crippen LogP contribution in [0.1, 0.15) is 34.2 Å². The standard InChI is InChI=1S/C24H22FN5O2S/c1-14-17-10-26-9-8-20(17)33-21(14)11-27-22(31)12-30-13-28-19-7-6-18(29-23(19)24(30)32)15-2-4-16(25)5-3-15/h2-5,8-10,13,18,29H,6-7,11-12H2,1H3,(H,27,31)/t18-/m0/s1. The molecule has 0 spiro atoms. The van der Waals surface area contributed by atoms with Crippen LogP contribution in [0.15, 0.2) is 53.8 Å².